The topological polar surface area (TPSA) is 52.7 Å². The fourth-order valence-electron chi connectivity index (χ4n) is 3.27. The van der Waals surface area contributed by atoms with Gasteiger partial charge in [0.2, 0.25) is 5.91 Å². The van der Waals surface area contributed by atoms with E-state index in [1.807, 2.05) is 67.3 Å². The first-order valence-electron chi connectivity index (χ1n) is 9.43. The summed E-state index contributed by atoms with van der Waals surface area (Å²) >= 11 is 0. The van der Waals surface area contributed by atoms with E-state index in [1.165, 1.54) is 5.56 Å². The molecule has 2 aromatic carbocycles. The molecule has 142 valence electrons. The number of rotatable bonds is 5. The average Bonchev–Trinajstić information content (AvgIpc) is 2.69. The standard InChI is InChI=1S/C22H27N3O2/c1-17-7-9-19(10-8-17)15-25(16-21(26)24-13-11-23-12-14-24)22(27)20-6-4-3-5-18(20)2/h3-10,23H,11-16H2,1-2H3. The Bertz CT molecular complexity index is 795. The number of carbonyl (C=O) groups is 2. The van der Waals surface area contributed by atoms with Crippen LogP contribution in [0, 0.1) is 13.8 Å². The molecule has 2 amide bonds. The first-order valence-corrected chi connectivity index (χ1v) is 9.43. The summed E-state index contributed by atoms with van der Waals surface area (Å²) in [5, 5.41) is 3.25. The molecule has 0 saturated carbocycles. The molecule has 5 nitrogen and oxygen atoms in total. The molecule has 0 unspecified atom stereocenters. The molecule has 27 heavy (non-hydrogen) atoms. The highest BCUT2D eigenvalue weighted by molar-refractivity contribution is 5.97. The van der Waals surface area contributed by atoms with Crippen molar-refractivity contribution in [1.82, 2.24) is 15.1 Å². The van der Waals surface area contributed by atoms with Crippen LogP contribution in [0.15, 0.2) is 48.5 Å². The minimum atomic E-state index is -0.0999. The van der Waals surface area contributed by atoms with Crippen LogP contribution in [0.5, 0.6) is 0 Å². The number of amides is 2. The van der Waals surface area contributed by atoms with E-state index in [-0.39, 0.29) is 18.4 Å². The Hall–Kier alpha value is -2.66. The largest absolute Gasteiger partial charge is 0.339 e. The quantitative estimate of drug-likeness (QED) is 0.885. The van der Waals surface area contributed by atoms with Gasteiger partial charge in [0.25, 0.3) is 5.91 Å². The normalized spacial score (nSPS) is 14.1. The fraction of sp³-hybridized carbons (Fsp3) is 0.364. The Morgan fingerprint density at radius 2 is 1.67 bits per heavy atom. The minimum Gasteiger partial charge on any atom is -0.339 e. The number of hydrogen-bond acceptors (Lipinski definition) is 3. The lowest BCUT2D eigenvalue weighted by Crippen LogP contribution is -2.50. The summed E-state index contributed by atoms with van der Waals surface area (Å²) in [7, 11) is 0. The van der Waals surface area contributed by atoms with Gasteiger partial charge in [-0.15, -0.1) is 0 Å². The molecule has 0 aliphatic carbocycles. The van der Waals surface area contributed by atoms with Crippen molar-refractivity contribution in [1.29, 1.82) is 0 Å². The minimum absolute atomic E-state index is 0.00514. The second-order valence-corrected chi connectivity index (χ2v) is 7.09. The molecule has 1 aliphatic heterocycles. The van der Waals surface area contributed by atoms with E-state index in [1.54, 1.807) is 4.90 Å². The van der Waals surface area contributed by atoms with Gasteiger partial charge in [0.1, 0.15) is 6.54 Å². The Kier molecular flexibility index (Phi) is 6.24. The van der Waals surface area contributed by atoms with Gasteiger partial charge in [-0.25, -0.2) is 0 Å². The molecule has 1 N–H and O–H groups in total. The second kappa shape index (κ2) is 8.82. The maximum Gasteiger partial charge on any atom is 0.254 e. The van der Waals surface area contributed by atoms with Gasteiger partial charge in [-0.05, 0) is 31.0 Å². The molecule has 1 fully saturated rings. The van der Waals surface area contributed by atoms with E-state index in [2.05, 4.69) is 5.32 Å². The summed E-state index contributed by atoms with van der Waals surface area (Å²) in [5.74, 6) is -0.0947. The van der Waals surface area contributed by atoms with Crippen molar-refractivity contribution in [3.8, 4) is 0 Å². The first-order chi connectivity index (χ1) is 13.0. The third-order valence-electron chi connectivity index (χ3n) is 4.95. The highest BCUT2D eigenvalue weighted by atomic mass is 16.2. The summed E-state index contributed by atoms with van der Waals surface area (Å²) < 4.78 is 0. The van der Waals surface area contributed by atoms with Gasteiger partial charge in [-0.2, -0.15) is 0 Å². The molecular weight excluding hydrogens is 338 g/mol. The number of benzene rings is 2. The highest BCUT2D eigenvalue weighted by Crippen LogP contribution is 2.15. The summed E-state index contributed by atoms with van der Waals surface area (Å²) in [6.45, 7) is 7.46. The lowest BCUT2D eigenvalue weighted by Gasteiger charge is -2.30. The van der Waals surface area contributed by atoms with Crippen LogP contribution in [0.4, 0.5) is 0 Å². The van der Waals surface area contributed by atoms with Crippen LogP contribution >= 0.6 is 0 Å². The van der Waals surface area contributed by atoms with Crippen LogP contribution in [0.1, 0.15) is 27.0 Å². The molecule has 1 aliphatic rings. The van der Waals surface area contributed by atoms with Crippen molar-refractivity contribution in [3.05, 3.63) is 70.8 Å². The zero-order valence-corrected chi connectivity index (χ0v) is 16.1. The predicted octanol–water partition coefficient (Wildman–Crippen LogP) is 2.38. The fourth-order valence-corrected chi connectivity index (χ4v) is 3.27. The molecule has 2 aromatic rings. The molecule has 5 heteroatoms. The second-order valence-electron chi connectivity index (χ2n) is 7.09. The number of aryl methyl sites for hydroxylation is 2. The van der Waals surface area contributed by atoms with Crippen molar-refractivity contribution < 1.29 is 9.59 Å². The van der Waals surface area contributed by atoms with Gasteiger partial charge < -0.3 is 15.1 Å². The summed E-state index contributed by atoms with van der Waals surface area (Å²) in [6.07, 6.45) is 0. The molecule has 0 spiro atoms. The average molecular weight is 365 g/mol. The smallest absolute Gasteiger partial charge is 0.254 e. The SMILES string of the molecule is Cc1ccc(CN(CC(=O)N2CCNCC2)C(=O)c2ccccc2C)cc1. The van der Waals surface area contributed by atoms with Crippen molar-refractivity contribution >= 4 is 11.8 Å². The third kappa shape index (κ3) is 4.95. The Morgan fingerprint density at radius 1 is 1.00 bits per heavy atom. The van der Waals surface area contributed by atoms with E-state index in [0.29, 0.717) is 25.2 Å². The van der Waals surface area contributed by atoms with E-state index >= 15 is 0 Å². The van der Waals surface area contributed by atoms with Crippen LogP contribution in [0.3, 0.4) is 0 Å². The van der Waals surface area contributed by atoms with Gasteiger partial charge in [-0.1, -0.05) is 48.0 Å². The molecule has 0 atom stereocenters. The van der Waals surface area contributed by atoms with Crippen LogP contribution in [-0.2, 0) is 11.3 Å². The predicted molar refractivity (Wildman–Crippen MR) is 107 cm³/mol. The van der Waals surface area contributed by atoms with Crippen molar-refractivity contribution in [2.24, 2.45) is 0 Å². The third-order valence-corrected chi connectivity index (χ3v) is 4.95. The summed E-state index contributed by atoms with van der Waals surface area (Å²) in [6, 6.07) is 15.6. The zero-order chi connectivity index (χ0) is 19.2. The summed E-state index contributed by atoms with van der Waals surface area (Å²) in [4.78, 5) is 29.5. The number of nitrogens with zero attached hydrogens (tertiary/aromatic N) is 2. The Balaban J connectivity index is 1.81. The van der Waals surface area contributed by atoms with Crippen LogP contribution in [0.25, 0.3) is 0 Å². The molecule has 1 saturated heterocycles. The van der Waals surface area contributed by atoms with Gasteiger partial charge >= 0.3 is 0 Å². The first kappa shape index (κ1) is 19.1. The van der Waals surface area contributed by atoms with Gasteiger partial charge in [0.05, 0.1) is 0 Å². The van der Waals surface area contributed by atoms with Crippen LogP contribution in [0.2, 0.25) is 0 Å². The van der Waals surface area contributed by atoms with Crippen molar-refractivity contribution in [2.75, 3.05) is 32.7 Å². The number of piperazine rings is 1. The van der Waals surface area contributed by atoms with Gasteiger partial charge in [-0.3, -0.25) is 9.59 Å². The van der Waals surface area contributed by atoms with Gasteiger partial charge in [0.15, 0.2) is 0 Å². The lowest BCUT2D eigenvalue weighted by molar-refractivity contribution is -0.132. The van der Waals surface area contributed by atoms with Gasteiger partial charge in [0, 0.05) is 38.3 Å². The monoisotopic (exact) mass is 365 g/mol. The maximum absolute atomic E-state index is 13.2. The van der Waals surface area contributed by atoms with Crippen LogP contribution in [-0.4, -0.2) is 54.3 Å². The molecule has 0 bridgehead atoms. The van der Waals surface area contributed by atoms with E-state index in [9.17, 15) is 9.59 Å². The van der Waals surface area contributed by atoms with Crippen molar-refractivity contribution in [3.63, 3.8) is 0 Å². The zero-order valence-electron chi connectivity index (χ0n) is 16.1. The maximum atomic E-state index is 13.2. The Labute approximate surface area is 161 Å². The van der Waals surface area contributed by atoms with E-state index < -0.39 is 0 Å². The molecule has 0 aromatic heterocycles. The van der Waals surface area contributed by atoms with Crippen LogP contribution < -0.4 is 5.32 Å². The van der Waals surface area contributed by atoms with Crippen molar-refractivity contribution in [2.45, 2.75) is 20.4 Å². The van der Waals surface area contributed by atoms with E-state index in [0.717, 1.165) is 24.2 Å². The number of carbonyl (C=O) groups excluding carboxylic acids is 2. The molecule has 3 rings (SSSR count). The molecule has 1 heterocycles. The molecular formula is C22H27N3O2. The lowest BCUT2D eigenvalue weighted by atomic mass is 10.1. The number of nitrogens with one attached hydrogen (secondary N) is 1. The number of hydrogen-bond donors (Lipinski definition) is 1. The molecule has 0 radical (unpaired) electrons. The highest BCUT2D eigenvalue weighted by Gasteiger charge is 2.24. The summed E-state index contributed by atoms with van der Waals surface area (Å²) in [5.41, 5.74) is 3.77. The Morgan fingerprint density at radius 3 is 2.33 bits per heavy atom. The van der Waals surface area contributed by atoms with E-state index in [4.69, 9.17) is 0 Å².